The van der Waals surface area contributed by atoms with E-state index in [0.29, 0.717) is 6.54 Å². The quantitative estimate of drug-likeness (QED) is 0.850. The Bertz CT molecular complexity index is 593. The molecule has 118 valence electrons. The number of nitrogens with two attached hydrogens (primary N) is 1. The van der Waals surface area contributed by atoms with Gasteiger partial charge in [-0.2, -0.15) is 0 Å². The number of hydrogen-bond acceptors (Lipinski definition) is 3. The van der Waals surface area contributed by atoms with Crippen LogP contribution in [0.15, 0.2) is 42.5 Å². The highest BCUT2D eigenvalue weighted by Gasteiger charge is 2.14. The fraction of sp³-hybridized carbons (Fsp3) is 0.368. The van der Waals surface area contributed by atoms with Gasteiger partial charge in [0, 0.05) is 5.92 Å². The van der Waals surface area contributed by atoms with Crippen LogP contribution in [0.3, 0.4) is 0 Å². The lowest BCUT2D eigenvalue weighted by molar-refractivity contribution is 0.354. The summed E-state index contributed by atoms with van der Waals surface area (Å²) in [5.74, 6) is 1.77. The van der Waals surface area contributed by atoms with Gasteiger partial charge in [0.1, 0.15) is 0 Å². The average Bonchev–Trinajstić information content (AvgIpc) is 2.59. The van der Waals surface area contributed by atoms with Gasteiger partial charge in [-0.05, 0) is 48.2 Å². The lowest BCUT2D eigenvalue weighted by Crippen LogP contribution is -2.15. The zero-order valence-corrected chi connectivity index (χ0v) is 13.6. The maximum absolute atomic E-state index is 6.00. The Morgan fingerprint density at radius 2 is 1.55 bits per heavy atom. The monoisotopic (exact) mass is 299 g/mol. The minimum absolute atomic E-state index is 0.271. The smallest absolute Gasteiger partial charge is 0.160 e. The fourth-order valence-corrected chi connectivity index (χ4v) is 2.64. The standard InChI is InChI=1S/C19H25NO2/c1-4-14-5-7-15(8-6-14)11-17(13-20)16-9-10-18(21-2)19(12-16)22-3/h5-10,12,17H,4,11,13,20H2,1-3H3. The van der Waals surface area contributed by atoms with Gasteiger partial charge in [0.2, 0.25) is 0 Å². The van der Waals surface area contributed by atoms with Gasteiger partial charge in [0.05, 0.1) is 14.2 Å². The second-order valence-electron chi connectivity index (χ2n) is 5.42. The molecule has 0 fully saturated rings. The van der Waals surface area contributed by atoms with Crippen LogP contribution in [0.25, 0.3) is 0 Å². The molecule has 0 bridgehead atoms. The molecule has 0 aliphatic rings. The van der Waals surface area contributed by atoms with Crippen LogP contribution in [0.4, 0.5) is 0 Å². The average molecular weight is 299 g/mol. The zero-order valence-electron chi connectivity index (χ0n) is 13.6. The molecule has 2 rings (SSSR count). The summed E-state index contributed by atoms with van der Waals surface area (Å²) in [7, 11) is 3.30. The lowest BCUT2D eigenvalue weighted by Gasteiger charge is -2.17. The first-order valence-corrected chi connectivity index (χ1v) is 7.71. The van der Waals surface area contributed by atoms with E-state index in [-0.39, 0.29) is 5.92 Å². The van der Waals surface area contributed by atoms with E-state index in [1.165, 1.54) is 16.7 Å². The Morgan fingerprint density at radius 3 is 2.09 bits per heavy atom. The van der Waals surface area contributed by atoms with Gasteiger partial charge in [0.15, 0.2) is 11.5 Å². The third kappa shape index (κ3) is 3.80. The zero-order chi connectivity index (χ0) is 15.9. The predicted octanol–water partition coefficient (Wildman–Crippen LogP) is 3.55. The van der Waals surface area contributed by atoms with Crippen LogP contribution in [0, 0.1) is 0 Å². The molecule has 1 unspecified atom stereocenters. The summed E-state index contributed by atoms with van der Waals surface area (Å²) < 4.78 is 10.7. The molecule has 2 aromatic rings. The second-order valence-corrected chi connectivity index (χ2v) is 5.42. The molecule has 22 heavy (non-hydrogen) atoms. The van der Waals surface area contributed by atoms with Crippen LogP contribution < -0.4 is 15.2 Å². The van der Waals surface area contributed by atoms with Crippen molar-refractivity contribution >= 4 is 0 Å². The van der Waals surface area contributed by atoms with Gasteiger partial charge in [-0.25, -0.2) is 0 Å². The molecule has 0 aromatic heterocycles. The topological polar surface area (TPSA) is 44.5 Å². The SMILES string of the molecule is CCc1ccc(CC(CN)c2ccc(OC)c(OC)c2)cc1. The van der Waals surface area contributed by atoms with Crippen LogP contribution in [0.1, 0.15) is 29.5 Å². The van der Waals surface area contributed by atoms with Crippen LogP contribution in [-0.4, -0.2) is 20.8 Å². The molecule has 3 nitrogen and oxygen atoms in total. The van der Waals surface area contributed by atoms with E-state index in [0.717, 1.165) is 24.3 Å². The molecule has 2 N–H and O–H groups in total. The van der Waals surface area contributed by atoms with Gasteiger partial charge in [-0.1, -0.05) is 37.3 Å². The Kier molecular flexibility index (Phi) is 5.84. The second kappa shape index (κ2) is 7.85. The van der Waals surface area contributed by atoms with Crippen LogP contribution in [0.2, 0.25) is 0 Å². The number of aryl methyl sites for hydroxylation is 1. The molecule has 3 heteroatoms. The third-order valence-corrected chi connectivity index (χ3v) is 4.08. The van der Waals surface area contributed by atoms with Crippen molar-refractivity contribution in [1.82, 2.24) is 0 Å². The van der Waals surface area contributed by atoms with E-state index >= 15 is 0 Å². The summed E-state index contributed by atoms with van der Waals surface area (Å²) in [6, 6.07) is 14.8. The Balaban J connectivity index is 2.20. The molecule has 1 atom stereocenters. The highest BCUT2D eigenvalue weighted by Crippen LogP contribution is 2.31. The van der Waals surface area contributed by atoms with Crippen molar-refractivity contribution in [3.63, 3.8) is 0 Å². The first-order chi connectivity index (χ1) is 10.7. The molecule has 0 aliphatic carbocycles. The largest absolute Gasteiger partial charge is 0.493 e. The summed E-state index contributed by atoms with van der Waals surface area (Å²) in [5, 5.41) is 0. The molecule has 0 heterocycles. The van der Waals surface area contributed by atoms with Gasteiger partial charge in [0.25, 0.3) is 0 Å². The molecular formula is C19H25NO2. The first kappa shape index (κ1) is 16.4. The van der Waals surface area contributed by atoms with E-state index in [1.54, 1.807) is 14.2 Å². The normalized spacial score (nSPS) is 12.0. The van der Waals surface area contributed by atoms with E-state index in [1.807, 2.05) is 12.1 Å². The molecular weight excluding hydrogens is 274 g/mol. The van der Waals surface area contributed by atoms with Crippen molar-refractivity contribution in [2.24, 2.45) is 5.73 Å². The van der Waals surface area contributed by atoms with Crippen molar-refractivity contribution in [1.29, 1.82) is 0 Å². The predicted molar refractivity (Wildman–Crippen MR) is 90.9 cm³/mol. The maximum atomic E-state index is 6.00. The summed E-state index contributed by atoms with van der Waals surface area (Å²) in [4.78, 5) is 0. The number of ether oxygens (including phenoxy) is 2. The Morgan fingerprint density at radius 1 is 0.909 bits per heavy atom. The van der Waals surface area contributed by atoms with Gasteiger partial charge >= 0.3 is 0 Å². The van der Waals surface area contributed by atoms with E-state index < -0.39 is 0 Å². The fourth-order valence-electron chi connectivity index (χ4n) is 2.64. The van der Waals surface area contributed by atoms with Crippen molar-refractivity contribution < 1.29 is 9.47 Å². The first-order valence-electron chi connectivity index (χ1n) is 7.71. The van der Waals surface area contributed by atoms with E-state index in [4.69, 9.17) is 15.2 Å². The van der Waals surface area contributed by atoms with Crippen molar-refractivity contribution in [2.45, 2.75) is 25.7 Å². The molecule has 0 aliphatic heterocycles. The molecule has 0 amide bonds. The third-order valence-electron chi connectivity index (χ3n) is 4.08. The minimum atomic E-state index is 0.271. The van der Waals surface area contributed by atoms with E-state index in [2.05, 4.69) is 37.3 Å². The number of hydrogen-bond donors (Lipinski definition) is 1. The minimum Gasteiger partial charge on any atom is -0.493 e. The summed E-state index contributed by atoms with van der Waals surface area (Å²) in [6.07, 6.45) is 1.99. The van der Waals surface area contributed by atoms with Gasteiger partial charge in [-0.15, -0.1) is 0 Å². The van der Waals surface area contributed by atoms with Crippen LogP contribution in [-0.2, 0) is 12.8 Å². The van der Waals surface area contributed by atoms with Gasteiger partial charge < -0.3 is 15.2 Å². The molecule has 0 saturated carbocycles. The summed E-state index contributed by atoms with van der Waals surface area (Å²) in [5.41, 5.74) is 9.85. The van der Waals surface area contributed by atoms with Crippen LogP contribution in [0.5, 0.6) is 11.5 Å². The van der Waals surface area contributed by atoms with E-state index in [9.17, 15) is 0 Å². The molecule has 0 spiro atoms. The molecule has 0 radical (unpaired) electrons. The maximum Gasteiger partial charge on any atom is 0.160 e. The Labute approximate surface area is 133 Å². The number of methoxy groups -OCH3 is 2. The van der Waals surface area contributed by atoms with Crippen molar-refractivity contribution in [3.8, 4) is 11.5 Å². The molecule has 0 saturated heterocycles. The van der Waals surface area contributed by atoms with Crippen molar-refractivity contribution in [2.75, 3.05) is 20.8 Å². The van der Waals surface area contributed by atoms with Crippen molar-refractivity contribution in [3.05, 3.63) is 59.2 Å². The summed E-state index contributed by atoms with van der Waals surface area (Å²) in [6.45, 7) is 2.77. The number of benzene rings is 2. The Hall–Kier alpha value is -2.00. The van der Waals surface area contributed by atoms with Gasteiger partial charge in [-0.3, -0.25) is 0 Å². The highest BCUT2D eigenvalue weighted by atomic mass is 16.5. The molecule has 2 aromatic carbocycles. The summed E-state index contributed by atoms with van der Waals surface area (Å²) >= 11 is 0. The lowest BCUT2D eigenvalue weighted by atomic mass is 9.91. The number of rotatable bonds is 7. The highest BCUT2D eigenvalue weighted by molar-refractivity contribution is 5.44. The van der Waals surface area contributed by atoms with Crippen LogP contribution >= 0.6 is 0 Å².